The van der Waals surface area contributed by atoms with Gasteiger partial charge in [-0.15, -0.1) is 11.3 Å². The standard InChI is InChI=1S/C22H20N2O3S.C9H18.C4H9N.CH2O3/c1-14-4-2-3-5-15(14)10-17-12-23-21(28-17)24-20(25)22(8-9-22)16-6-7-18-19(11-16)27-13-26-18;1-8(2)9-6-4-3-5-7-9;1-2-4-5-3-1;2-1(3)4/h2-7,11-12H,8-10,13H2,1H3,(H,23,24,25);8-9H,3-7H2,1-2H3;5H,1-4H2;(H2,2,3,4). The molecule has 250 valence electrons. The summed E-state index contributed by atoms with van der Waals surface area (Å²) >= 11 is 1.54. The number of aromatic nitrogens is 1. The van der Waals surface area contributed by atoms with E-state index >= 15 is 0 Å². The summed E-state index contributed by atoms with van der Waals surface area (Å²) in [6.07, 6.45) is 12.8. The molecule has 1 amide bonds. The number of ether oxygens (including phenoxy) is 2. The average molecular weight is 652 g/mol. The van der Waals surface area contributed by atoms with Crippen LogP contribution in [-0.2, 0) is 16.6 Å². The van der Waals surface area contributed by atoms with E-state index in [1.54, 1.807) is 0 Å². The minimum absolute atomic E-state index is 0.00292. The first-order valence-electron chi connectivity index (χ1n) is 16.5. The molecule has 2 aliphatic carbocycles. The van der Waals surface area contributed by atoms with E-state index in [1.165, 1.54) is 80.5 Å². The van der Waals surface area contributed by atoms with Gasteiger partial charge in [-0.2, -0.15) is 0 Å². The van der Waals surface area contributed by atoms with Crippen molar-refractivity contribution in [3.8, 4) is 11.5 Å². The molecule has 0 bridgehead atoms. The van der Waals surface area contributed by atoms with Crippen LogP contribution in [0.3, 0.4) is 0 Å². The Morgan fingerprint density at radius 3 is 2.26 bits per heavy atom. The van der Waals surface area contributed by atoms with Gasteiger partial charge in [-0.05, 0) is 86.4 Å². The van der Waals surface area contributed by atoms with Crippen LogP contribution in [0.2, 0.25) is 0 Å². The zero-order chi connectivity index (χ0) is 32.9. The Bertz CT molecular complexity index is 1400. The maximum absolute atomic E-state index is 13.0. The molecule has 46 heavy (non-hydrogen) atoms. The number of benzene rings is 2. The molecule has 7 rings (SSSR count). The number of hydrogen-bond acceptors (Lipinski definition) is 7. The van der Waals surface area contributed by atoms with E-state index in [0.717, 1.165) is 47.3 Å². The number of anilines is 1. The van der Waals surface area contributed by atoms with Crippen molar-refractivity contribution in [2.75, 3.05) is 25.2 Å². The van der Waals surface area contributed by atoms with Crippen molar-refractivity contribution in [3.63, 3.8) is 0 Å². The Kier molecular flexibility index (Phi) is 13.3. The lowest BCUT2D eigenvalue weighted by molar-refractivity contribution is -0.118. The Hall–Kier alpha value is -3.63. The number of hydrogen-bond donors (Lipinski definition) is 4. The Morgan fingerprint density at radius 1 is 1.00 bits per heavy atom. The molecule has 3 aromatic rings. The predicted molar refractivity (Wildman–Crippen MR) is 182 cm³/mol. The van der Waals surface area contributed by atoms with Gasteiger partial charge in [-0.1, -0.05) is 76.3 Å². The highest BCUT2D eigenvalue weighted by Crippen LogP contribution is 2.51. The number of carboxylic acid groups (broad SMARTS) is 2. The van der Waals surface area contributed by atoms with Crippen LogP contribution in [0.25, 0.3) is 0 Å². The molecule has 3 fully saturated rings. The SMILES string of the molecule is C1CCNC1.CC(C)C1CCCCC1.Cc1ccccc1Cc1cnc(NC(=O)C2(c3ccc4c(c3)OCO4)CC2)s1.O=C(O)O. The molecule has 2 saturated carbocycles. The minimum Gasteiger partial charge on any atom is -0.454 e. The molecule has 0 unspecified atom stereocenters. The number of amides is 1. The molecule has 10 heteroatoms. The molecule has 1 saturated heterocycles. The Morgan fingerprint density at radius 2 is 1.67 bits per heavy atom. The molecule has 1 aromatic heterocycles. The fraction of sp³-hybridized carbons (Fsp3) is 0.528. The summed E-state index contributed by atoms with van der Waals surface area (Å²) in [7, 11) is 0. The Balaban J connectivity index is 0.000000217. The smallest absolute Gasteiger partial charge is 0.454 e. The first-order valence-corrected chi connectivity index (χ1v) is 17.3. The van der Waals surface area contributed by atoms with Crippen molar-refractivity contribution in [1.82, 2.24) is 10.3 Å². The molecule has 2 aliphatic heterocycles. The topological polar surface area (TPSA) is 130 Å². The normalized spacial score (nSPS) is 17.4. The summed E-state index contributed by atoms with van der Waals surface area (Å²) in [5.74, 6) is 3.44. The molecule has 0 spiro atoms. The largest absolute Gasteiger partial charge is 0.503 e. The van der Waals surface area contributed by atoms with E-state index in [1.807, 2.05) is 36.5 Å². The molecule has 2 aromatic carbocycles. The molecule has 9 nitrogen and oxygen atoms in total. The number of carbonyl (C=O) groups excluding carboxylic acids is 1. The molecule has 4 N–H and O–H groups in total. The van der Waals surface area contributed by atoms with Gasteiger partial charge in [-0.3, -0.25) is 4.79 Å². The maximum atomic E-state index is 13.0. The highest BCUT2D eigenvalue weighted by Gasteiger charge is 2.52. The third-order valence-electron chi connectivity index (χ3n) is 9.06. The number of aryl methyl sites for hydroxylation is 1. The van der Waals surface area contributed by atoms with Crippen LogP contribution in [0, 0.1) is 18.8 Å². The monoisotopic (exact) mass is 651 g/mol. The lowest BCUT2D eigenvalue weighted by Crippen LogP contribution is -2.27. The first kappa shape index (κ1) is 35.2. The van der Waals surface area contributed by atoms with Crippen LogP contribution < -0.4 is 20.1 Å². The maximum Gasteiger partial charge on any atom is 0.503 e. The van der Waals surface area contributed by atoms with Gasteiger partial charge in [0.05, 0.1) is 5.41 Å². The van der Waals surface area contributed by atoms with E-state index in [4.69, 9.17) is 24.5 Å². The van der Waals surface area contributed by atoms with Gasteiger partial charge in [-0.25, -0.2) is 9.78 Å². The van der Waals surface area contributed by atoms with Crippen LogP contribution in [-0.4, -0.2) is 47.1 Å². The van der Waals surface area contributed by atoms with Crippen molar-refractivity contribution in [2.24, 2.45) is 11.8 Å². The summed E-state index contributed by atoms with van der Waals surface area (Å²) in [6, 6.07) is 14.1. The lowest BCUT2D eigenvalue weighted by atomic mass is 9.82. The quantitative estimate of drug-likeness (QED) is 0.210. The molecule has 0 radical (unpaired) electrons. The zero-order valence-corrected chi connectivity index (χ0v) is 28.2. The van der Waals surface area contributed by atoms with Gasteiger partial charge in [0.1, 0.15) is 0 Å². The van der Waals surface area contributed by atoms with Crippen LogP contribution in [0.4, 0.5) is 9.93 Å². The highest BCUT2D eigenvalue weighted by atomic mass is 32.1. The van der Waals surface area contributed by atoms with Crippen molar-refractivity contribution < 1.29 is 29.3 Å². The van der Waals surface area contributed by atoms with Gasteiger partial charge in [0.25, 0.3) is 0 Å². The van der Waals surface area contributed by atoms with Crippen LogP contribution in [0.1, 0.15) is 93.2 Å². The fourth-order valence-electron chi connectivity index (χ4n) is 6.05. The zero-order valence-electron chi connectivity index (χ0n) is 27.3. The molecular weight excluding hydrogens is 602 g/mol. The van der Waals surface area contributed by atoms with Crippen LogP contribution in [0.15, 0.2) is 48.7 Å². The average Bonchev–Trinajstić information content (AvgIpc) is 3.43. The summed E-state index contributed by atoms with van der Waals surface area (Å²) in [6.45, 7) is 9.56. The summed E-state index contributed by atoms with van der Waals surface area (Å²) < 4.78 is 10.8. The van der Waals surface area contributed by atoms with Gasteiger partial charge in [0, 0.05) is 17.5 Å². The van der Waals surface area contributed by atoms with Crippen LogP contribution in [0.5, 0.6) is 11.5 Å². The van der Waals surface area contributed by atoms with Gasteiger partial charge in [0.2, 0.25) is 12.7 Å². The number of fused-ring (bicyclic) bond motifs is 1. The number of carbonyl (C=O) groups is 2. The Labute approximate surface area is 276 Å². The van der Waals surface area contributed by atoms with E-state index < -0.39 is 11.6 Å². The summed E-state index contributed by atoms with van der Waals surface area (Å²) in [4.78, 5) is 27.1. The summed E-state index contributed by atoms with van der Waals surface area (Å²) in [5.41, 5.74) is 3.04. The van der Waals surface area contributed by atoms with E-state index in [2.05, 4.69) is 48.5 Å². The van der Waals surface area contributed by atoms with Gasteiger partial charge < -0.3 is 30.3 Å². The lowest BCUT2D eigenvalue weighted by Gasteiger charge is -2.24. The second kappa shape index (κ2) is 17.3. The summed E-state index contributed by atoms with van der Waals surface area (Å²) in [5, 5.41) is 20.8. The number of thiazole rings is 1. The van der Waals surface area contributed by atoms with Gasteiger partial charge in [0.15, 0.2) is 16.6 Å². The number of rotatable bonds is 6. The minimum atomic E-state index is -1.83. The highest BCUT2D eigenvalue weighted by molar-refractivity contribution is 7.15. The second-order valence-electron chi connectivity index (χ2n) is 12.7. The van der Waals surface area contributed by atoms with E-state index in [9.17, 15) is 4.79 Å². The molecular formula is C36H49N3O6S. The molecule has 3 heterocycles. The second-order valence-corrected chi connectivity index (χ2v) is 13.8. The van der Waals surface area contributed by atoms with Crippen molar-refractivity contribution in [3.05, 3.63) is 70.2 Å². The first-order chi connectivity index (χ1) is 22.2. The van der Waals surface area contributed by atoms with E-state index in [-0.39, 0.29) is 12.7 Å². The van der Waals surface area contributed by atoms with Crippen LogP contribution >= 0.6 is 11.3 Å². The fourth-order valence-corrected chi connectivity index (χ4v) is 6.88. The number of nitrogens with zero attached hydrogens (tertiary/aromatic N) is 1. The third-order valence-corrected chi connectivity index (χ3v) is 9.97. The predicted octanol–water partition coefficient (Wildman–Crippen LogP) is 8.26. The molecule has 0 atom stereocenters. The van der Waals surface area contributed by atoms with E-state index in [0.29, 0.717) is 10.9 Å². The van der Waals surface area contributed by atoms with Gasteiger partial charge >= 0.3 is 6.16 Å². The van der Waals surface area contributed by atoms with Crippen molar-refractivity contribution >= 4 is 28.5 Å². The third kappa shape index (κ3) is 10.5. The van der Waals surface area contributed by atoms with Crippen molar-refractivity contribution in [2.45, 2.75) is 90.4 Å². The van der Waals surface area contributed by atoms with Crippen molar-refractivity contribution in [1.29, 1.82) is 0 Å². The number of nitrogens with one attached hydrogen (secondary N) is 2. The molecule has 4 aliphatic rings.